The minimum Gasteiger partial charge on any atom is -0.449 e. The minimum absolute atomic E-state index is 0.106. The van der Waals surface area contributed by atoms with E-state index < -0.39 is 6.09 Å². The zero-order valence-electron chi connectivity index (χ0n) is 15.7. The van der Waals surface area contributed by atoms with Crippen molar-refractivity contribution in [3.8, 4) is 0 Å². The van der Waals surface area contributed by atoms with Gasteiger partial charge in [0, 0.05) is 29.6 Å². The van der Waals surface area contributed by atoms with Gasteiger partial charge in [-0.2, -0.15) is 0 Å². The molecule has 0 atom stereocenters. The molecule has 1 heterocycles. The van der Waals surface area contributed by atoms with Gasteiger partial charge in [-0.3, -0.25) is 9.69 Å². The van der Waals surface area contributed by atoms with Crippen LogP contribution in [0.25, 0.3) is 10.9 Å². The van der Waals surface area contributed by atoms with Gasteiger partial charge in [0.15, 0.2) is 0 Å². The molecule has 1 aromatic heterocycles. The Kier molecular flexibility index (Phi) is 5.45. The van der Waals surface area contributed by atoms with Crippen LogP contribution in [0.3, 0.4) is 0 Å². The van der Waals surface area contributed by atoms with E-state index in [1.807, 2.05) is 35.8 Å². The predicted octanol–water partition coefficient (Wildman–Crippen LogP) is 4.18. The first-order valence-electron chi connectivity index (χ1n) is 8.85. The molecule has 0 spiro atoms. The number of hydrogen-bond donors (Lipinski definition) is 1. The van der Waals surface area contributed by atoms with E-state index in [1.165, 1.54) is 4.90 Å². The zero-order chi connectivity index (χ0) is 19.4. The Labute approximate surface area is 158 Å². The van der Waals surface area contributed by atoms with E-state index in [1.54, 1.807) is 38.2 Å². The van der Waals surface area contributed by atoms with Gasteiger partial charge in [0.2, 0.25) is 5.91 Å². The van der Waals surface area contributed by atoms with Crippen LogP contribution < -0.4 is 10.2 Å². The summed E-state index contributed by atoms with van der Waals surface area (Å²) in [6.45, 7) is 4.32. The maximum atomic E-state index is 12.5. The van der Waals surface area contributed by atoms with Gasteiger partial charge in [-0.1, -0.05) is 18.2 Å². The molecule has 0 unspecified atom stereocenters. The Bertz CT molecular complexity index is 960. The number of aromatic nitrogens is 1. The number of fused-ring (bicyclic) bond motifs is 1. The third-order valence-electron chi connectivity index (χ3n) is 4.40. The molecule has 0 aliphatic rings. The highest BCUT2D eigenvalue weighted by atomic mass is 16.6. The summed E-state index contributed by atoms with van der Waals surface area (Å²) >= 11 is 0. The van der Waals surface area contributed by atoms with Crippen molar-refractivity contribution in [2.24, 2.45) is 0 Å². The molecule has 0 fully saturated rings. The second-order valence-corrected chi connectivity index (χ2v) is 6.28. The number of aryl methyl sites for hydroxylation is 1. The second kappa shape index (κ2) is 7.95. The highest BCUT2D eigenvalue weighted by molar-refractivity contribution is 5.93. The van der Waals surface area contributed by atoms with Crippen molar-refractivity contribution in [3.05, 3.63) is 60.3 Å². The molecule has 1 N–H and O–H groups in total. The van der Waals surface area contributed by atoms with E-state index in [0.717, 1.165) is 16.6 Å². The summed E-state index contributed by atoms with van der Waals surface area (Å²) in [6.07, 6.45) is -0.413. The third kappa shape index (κ3) is 4.11. The molecule has 0 saturated heterocycles. The number of rotatable bonds is 5. The van der Waals surface area contributed by atoms with E-state index in [4.69, 9.17) is 4.74 Å². The first-order chi connectivity index (χ1) is 13.0. The molecule has 140 valence electrons. The van der Waals surface area contributed by atoms with Crippen molar-refractivity contribution in [1.29, 1.82) is 0 Å². The van der Waals surface area contributed by atoms with Gasteiger partial charge in [0.25, 0.3) is 0 Å². The SMILES string of the molecule is CCOC(=O)N(C)c1ccc(NC(=O)Cn2c(C)cc3ccccc32)cc1. The number of nitrogens with one attached hydrogen (secondary N) is 1. The Morgan fingerprint density at radius 2 is 1.81 bits per heavy atom. The van der Waals surface area contributed by atoms with E-state index >= 15 is 0 Å². The maximum absolute atomic E-state index is 12.5. The van der Waals surface area contributed by atoms with Crippen LogP contribution in [0, 0.1) is 6.92 Å². The van der Waals surface area contributed by atoms with Crippen molar-refractivity contribution in [2.45, 2.75) is 20.4 Å². The Morgan fingerprint density at radius 3 is 2.52 bits per heavy atom. The van der Waals surface area contributed by atoms with Gasteiger partial charge in [0.1, 0.15) is 6.54 Å². The molecule has 0 bridgehead atoms. The van der Waals surface area contributed by atoms with Crippen LogP contribution in [0.1, 0.15) is 12.6 Å². The molecule has 0 saturated carbocycles. The van der Waals surface area contributed by atoms with Crippen LogP contribution in [0.15, 0.2) is 54.6 Å². The zero-order valence-corrected chi connectivity index (χ0v) is 15.7. The second-order valence-electron chi connectivity index (χ2n) is 6.28. The lowest BCUT2D eigenvalue weighted by molar-refractivity contribution is -0.116. The first-order valence-corrected chi connectivity index (χ1v) is 8.85. The summed E-state index contributed by atoms with van der Waals surface area (Å²) in [5, 5.41) is 4.02. The number of carbonyl (C=O) groups excluding carboxylic acids is 2. The summed E-state index contributed by atoms with van der Waals surface area (Å²) in [6, 6.07) is 17.1. The smallest absolute Gasteiger partial charge is 0.413 e. The van der Waals surface area contributed by atoms with Crippen molar-refractivity contribution < 1.29 is 14.3 Å². The number of para-hydroxylation sites is 1. The minimum atomic E-state index is -0.413. The van der Waals surface area contributed by atoms with Gasteiger partial charge in [0.05, 0.1) is 6.61 Å². The third-order valence-corrected chi connectivity index (χ3v) is 4.40. The number of amides is 2. The molecular weight excluding hydrogens is 342 g/mol. The topological polar surface area (TPSA) is 63.6 Å². The lowest BCUT2D eigenvalue weighted by atomic mass is 10.2. The van der Waals surface area contributed by atoms with Crippen molar-refractivity contribution in [3.63, 3.8) is 0 Å². The quantitative estimate of drug-likeness (QED) is 0.738. The molecule has 0 aliphatic carbocycles. The van der Waals surface area contributed by atoms with E-state index in [9.17, 15) is 9.59 Å². The molecule has 3 rings (SSSR count). The van der Waals surface area contributed by atoms with Gasteiger partial charge < -0.3 is 14.6 Å². The fourth-order valence-electron chi connectivity index (χ4n) is 3.00. The fourth-order valence-corrected chi connectivity index (χ4v) is 3.00. The Morgan fingerprint density at radius 1 is 1.11 bits per heavy atom. The monoisotopic (exact) mass is 365 g/mol. The predicted molar refractivity (Wildman–Crippen MR) is 107 cm³/mol. The average Bonchev–Trinajstić information content (AvgIpc) is 2.97. The molecule has 0 radical (unpaired) electrons. The first kappa shape index (κ1) is 18.5. The molecule has 6 heteroatoms. The van der Waals surface area contributed by atoms with E-state index in [0.29, 0.717) is 18.0 Å². The molecule has 2 amide bonds. The largest absolute Gasteiger partial charge is 0.449 e. The van der Waals surface area contributed by atoms with Crippen LogP contribution in [-0.4, -0.2) is 30.2 Å². The Hall–Kier alpha value is -3.28. The van der Waals surface area contributed by atoms with Gasteiger partial charge >= 0.3 is 6.09 Å². The lowest BCUT2D eigenvalue weighted by Gasteiger charge is -2.17. The molecule has 6 nitrogen and oxygen atoms in total. The van der Waals surface area contributed by atoms with Crippen molar-refractivity contribution in [1.82, 2.24) is 4.57 Å². The van der Waals surface area contributed by atoms with E-state index in [-0.39, 0.29) is 12.5 Å². The van der Waals surface area contributed by atoms with Gasteiger partial charge in [-0.15, -0.1) is 0 Å². The number of hydrogen-bond acceptors (Lipinski definition) is 3. The molecule has 27 heavy (non-hydrogen) atoms. The molecule has 0 aliphatic heterocycles. The molecule has 2 aromatic carbocycles. The summed E-state index contributed by atoms with van der Waals surface area (Å²) in [7, 11) is 1.64. The standard InChI is InChI=1S/C21H23N3O3/c1-4-27-21(26)23(3)18-11-9-17(10-12-18)22-20(25)14-24-15(2)13-16-7-5-6-8-19(16)24/h5-13H,4,14H2,1-3H3,(H,22,25). The van der Waals surface area contributed by atoms with Crippen LogP contribution in [0.4, 0.5) is 16.2 Å². The van der Waals surface area contributed by atoms with Crippen LogP contribution in [0.2, 0.25) is 0 Å². The summed E-state index contributed by atoms with van der Waals surface area (Å²) in [5.41, 5.74) is 3.45. The molecular formula is C21H23N3O3. The lowest BCUT2D eigenvalue weighted by Crippen LogP contribution is -2.27. The van der Waals surface area contributed by atoms with Crippen LogP contribution in [-0.2, 0) is 16.1 Å². The maximum Gasteiger partial charge on any atom is 0.413 e. The van der Waals surface area contributed by atoms with Crippen LogP contribution in [0.5, 0.6) is 0 Å². The number of ether oxygens (including phenoxy) is 1. The normalized spacial score (nSPS) is 10.6. The van der Waals surface area contributed by atoms with Gasteiger partial charge in [-0.05, 0) is 55.6 Å². The number of carbonyl (C=O) groups is 2. The fraction of sp³-hybridized carbons (Fsp3) is 0.238. The highest BCUT2D eigenvalue weighted by Crippen LogP contribution is 2.20. The summed E-state index contributed by atoms with van der Waals surface area (Å²) in [4.78, 5) is 25.6. The average molecular weight is 365 g/mol. The number of benzene rings is 2. The van der Waals surface area contributed by atoms with Crippen molar-refractivity contribution >= 4 is 34.3 Å². The molecule has 3 aromatic rings. The van der Waals surface area contributed by atoms with E-state index in [2.05, 4.69) is 11.4 Å². The highest BCUT2D eigenvalue weighted by Gasteiger charge is 2.12. The number of anilines is 2. The number of nitrogens with zero attached hydrogens (tertiary/aromatic N) is 2. The van der Waals surface area contributed by atoms with Crippen molar-refractivity contribution in [2.75, 3.05) is 23.9 Å². The summed E-state index contributed by atoms with van der Waals surface area (Å²) in [5.74, 6) is -0.106. The summed E-state index contributed by atoms with van der Waals surface area (Å²) < 4.78 is 6.97. The van der Waals surface area contributed by atoms with Crippen LogP contribution >= 0.6 is 0 Å². The Balaban J connectivity index is 1.67. The van der Waals surface area contributed by atoms with Gasteiger partial charge in [-0.25, -0.2) is 4.79 Å².